The highest BCUT2D eigenvalue weighted by molar-refractivity contribution is 5.78. The molecule has 3 rings (SSSR count). The summed E-state index contributed by atoms with van der Waals surface area (Å²) in [5, 5.41) is 4.15. The van der Waals surface area contributed by atoms with Crippen LogP contribution in [0.2, 0.25) is 0 Å². The van der Waals surface area contributed by atoms with Crippen LogP contribution in [0.15, 0.2) is 36.7 Å². The molecule has 1 aromatic carbocycles. The average Bonchev–Trinajstić information content (AvgIpc) is 2.99. The molecule has 0 N–H and O–H groups in total. The zero-order valence-electron chi connectivity index (χ0n) is 14.9. The Morgan fingerprint density at radius 1 is 1.40 bits per heavy atom. The Bertz CT molecular complexity index is 730. The van der Waals surface area contributed by atoms with Crippen LogP contribution in [0.25, 0.3) is 0 Å². The lowest BCUT2D eigenvalue weighted by Crippen LogP contribution is -2.43. The fourth-order valence-electron chi connectivity index (χ4n) is 3.51. The molecule has 0 unspecified atom stereocenters. The first-order chi connectivity index (χ1) is 12.0. The number of carbonyl (C=O) groups is 1. The number of piperidine rings is 1. The molecule has 1 atom stereocenters. The highest BCUT2D eigenvalue weighted by Crippen LogP contribution is 2.21. The molecule has 0 aliphatic carbocycles. The molecule has 25 heavy (non-hydrogen) atoms. The van der Waals surface area contributed by atoms with Crippen LogP contribution in [0.3, 0.4) is 0 Å². The molecule has 5 nitrogen and oxygen atoms in total. The highest BCUT2D eigenvalue weighted by Gasteiger charge is 2.28. The van der Waals surface area contributed by atoms with Gasteiger partial charge in [-0.1, -0.05) is 12.1 Å². The molecule has 1 aliphatic heterocycles. The van der Waals surface area contributed by atoms with Crippen molar-refractivity contribution in [1.82, 2.24) is 19.6 Å². The van der Waals surface area contributed by atoms with E-state index in [1.807, 2.05) is 26.4 Å². The molecule has 0 spiro atoms. The second kappa shape index (κ2) is 7.78. The van der Waals surface area contributed by atoms with E-state index in [1.54, 1.807) is 27.9 Å². The molecule has 2 heterocycles. The number of halogens is 1. The van der Waals surface area contributed by atoms with E-state index < -0.39 is 0 Å². The van der Waals surface area contributed by atoms with E-state index in [0.717, 1.165) is 37.1 Å². The molecule has 1 amide bonds. The molecule has 1 saturated heterocycles. The Kier molecular flexibility index (Phi) is 5.48. The van der Waals surface area contributed by atoms with Crippen molar-refractivity contribution < 1.29 is 9.18 Å². The summed E-state index contributed by atoms with van der Waals surface area (Å²) in [6.07, 6.45) is 5.63. The van der Waals surface area contributed by atoms with Crippen LogP contribution < -0.4 is 0 Å². The fraction of sp³-hybridized carbons (Fsp3) is 0.474. The van der Waals surface area contributed by atoms with Crippen molar-refractivity contribution in [1.29, 1.82) is 0 Å². The van der Waals surface area contributed by atoms with E-state index in [9.17, 15) is 9.18 Å². The summed E-state index contributed by atoms with van der Waals surface area (Å²) in [6, 6.07) is 6.70. The van der Waals surface area contributed by atoms with Gasteiger partial charge >= 0.3 is 0 Å². The molecular weight excluding hydrogens is 319 g/mol. The third kappa shape index (κ3) is 4.66. The standard InChI is InChI=1S/C19H25FN4O/c1-22(11-16-10-21-23(2)12-16)19(25)17-6-4-8-24(14-17)13-15-5-3-7-18(20)9-15/h3,5,7,9-10,12,17H,4,6,8,11,13-14H2,1-2H3/t17-/m0/s1. The first kappa shape index (κ1) is 17.6. The van der Waals surface area contributed by atoms with Crippen molar-refractivity contribution in [3.63, 3.8) is 0 Å². The van der Waals surface area contributed by atoms with E-state index in [1.165, 1.54) is 6.07 Å². The summed E-state index contributed by atoms with van der Waals surface area (Å²) in [6.45, 7) is 2.94. The van der Waals surface area contributed by atoms with Crippen molar-refractivity contribution >= 4 is 5.91 Å². The van der Waals surface area contributed by atoms with Gasteiger partial charge in [-0.2, -0.15) is 5.10 Å². The topological polar surface area (TPSA) is 41.4 Å². The Morgan fingerprint density at radius 3 is 2.96 bits per heavy atom. The molecule has 0 saturated carbocycles. The second-order valence-electron chi connectivity index (χ2n) is 6.92. The van der Waals surface area contributed by atoms with Crippen LogP contribution in [-0.2, 0) is 24.9 Å². The van der Waals surface area contributed by atoms with Crippen LogP contribution in [0, 0.1) is 11.7 Å². The zero-order chi connectivity index (χ0) is 17.8. The fourth-order valence-corrected chi connectivity index (χ4v) is 3.51. The number of likely N-dealkylation sites (tertiary alicyclic amines) is 1. The maximum Gasteiger partial charge on any atom is 0.227 e. The summed E-state index contributed by atoms with van der Waals surface area (Å²) in [7, 11) is 3.72. The zero-order valence-corrected chi connectivity index (χ0v) is 14.9. The van der Waals surface area contributed by atoms with Gasteiger partial charge in [0.25, 0.3) is 0 Å². The van der Waals surface area contributed by atoms with Crippen LogP contribution >= 0.6 is 0 Å². The Hall–Kier alpha value is -2.21. The van der Waals surface area contributed by atoms with Gasteiger partial charge < -0.3 is 4.90 Å². The summed E-state index contributed by atoms with van der Waals surface area (Å²) in [5.41, 5.74) is 1.99. The van der Waals surface area contributed by atoms with Gasteiger partial charge in [-0.3, -0.25) is 14.4 Å². The van der Waals surface area contributed by atoms with Gasteiger partial charge in [0.05, 0.1) is 12.1 Å². The number of nitrogens with zero attached hydrogens (tertiary/aromatic N) is 4. The summed E-state index contributed by atoms with van der Waals surface area (Å²) >= 11 is 0. The van der Waals surface area contributed by atoms with E-state index in [-0.39, 0.29) is 17.6 Å². The molecule has 0 radical (unpaired) electrons. The monoisotopic (exact) mass is 344 g/mol. The number of hydrogen-bond donors (Lipinski definition) is 0. The minimum absolute atomic E-state index is 0.00369. The van der Waals surface area contributed by atoms with Crippen molar-refractivity contribution in [2.45, 2.75) is 25.9 Å². The molecule has 1 fully saturated rings. The van der Waals surface area contributed by atoms with Crippen LogP contribution in [0.1, 0.15) is 24.0 Å². The SMILES string of the molecule is CN(Cc1cnn(C)c1)C(=O)[C@H]1CCCN(Cc2cccc(F)c2)C1. The highest BCUT2D eigenvalue weighted by atomic mass is 19.1. The van der Waals surface area contributed by atoms with Gasteiger partial charge in [0, 0.05) is 45.5 Å². The summed E-state index contributed by atoms with van der Waals surface area (Å²) in [4.78, 5) is 16.8. The number of carbonyl (C=O) groups excluding carboxylic acids is 1. The quantitative estimate of drug-likeness (QED) is 0.836. The molecule has 2 aromatic rings. The van der Waals surface area contributed by atoms with Crippen molar-refractivity contribution in [2.24, 2.45) is 13.0 Å². The number of aryl methyl sites for hydroxylation is 1. The summed E-state index contributed by atoms with van der Waals surface area (Å²) < 4.78 is 15.1. The van der Waals surface area contributed by atoms with Gasteiger partial charge in [0.2, 0.25) is 5.91 Å². The van der Waals surface area contributed by atoms with Gasteiger partial charge in [0.15, 0.2) is 0 Å². The Balaban J connectivity index is 1.57. The normalized spacial score (nSPS) is 18.3. The molecule has 6 heteroatoms. The summed E-state index contributed by atoms with van der Waals surface area (Å²) in [5.74, 6) is -0.0323. The van der Waals surface area contributed by atoms with E-state index in [4.69, 9.17) is 0 Å². The van der Waals surface area contributed by atoms with Gasteiger partial charge in [-0.15, -0.1) is 0 Å². The number of rotatable bonds is 5. The number of amides is 1. The average molecular weight is 344 g/mol. The minimum atomic E-state index is -0.210. The lowest BCUT2D eigenvalue weighted by Gasteiger charge is -2.34. The van der Waals surface area contributed by atoms with Crippen molar-refractivity contribution in [3.8, 4) is 0 Å². The van der Waals surface area contributed by atoms with E-state index in [0.29, 0.717) is 13.1 Å². The third-order valence-corrected chi connectivity index (χ3v) is 4.70. The van der Waals surface area contributed by atoms with Gasteiger partial charge in [0.1, 0.15) is 5.82 Å². The van der Waals surface area contributed by atoms with Crippen molar-refractivity contribution in [3.05, 3.63) is 53.6 Å². The number of aromatic nitrogens is 2. The first-order valence-electron chi connectivity index (χ1n) is 8.70. The first-order valence-corrected chi connectivity index (χ1v) is 8.70. The number of benzene rings is 1. The van der Waals surface area contributed by atoms with Gasteiger partial charge in [-0.05, 0) is 37.1 Å². The van der Waals surface area contributed by atoms with Crippen molar-refractivity contribution in [2.75, 3.05) is 20.1 Å². The molecule has 0 bridgehead atoms. The van der Waals surface area contributed by atoms with Crippen LogP contribution in [-0.4, -0.2) is 45.6 Å². The van der Waals surface area contributed by atoms with Crippen LogP contribution in [0.5, 0.6) is 0 Å². The number of hydrogen-bond acceptors (Lipinski definition) is 3. The second-order valence-corrected chi connectivity index (χ2v) is 6.92. The molecule has 134 valence electrons. The smallest absolute Gasteiger partial charge is 0.227 e. The Labute approximate surface area is 148 Å². The maximum atomic E-state index is 13.4. The van der Waals surface area contributed by atoms with Gasteiger partial charge in [-0.25, -0.2) is 4.39 Å². The van der Waals surface area contributed by atoms with E-state index in [2.05, 4.69) is 10.00 Å². The predicted molar refractivity (Wildman–Crippen MR) is 94.1 cm³/mol. The molecule has 1 aliphatic rings. The minimum Gasteiger partial charge on any atom is -0.341 e. The lowest BCUT2D eigenvalue weighted by atomic mass is 9.96. The lowest BCUT2D eigenvalue weighted by molar-refractivity contribution is -0.136. The third-order valence-electron chi connectivity index (χ3n) is 4.70. The van der Waals surface area contributed by atoms with Crippen LogP contribution in [0.4, 0.5) is 4.39 Å². The molecular formula is C19H25FN4O. The largest absolute Gasteiger partial charge is 0.341 e. The van der Waals surface area contributed by atoms with E-state index >= 15 is 0 Å². The maximum absolute atomic E-state index is 13.4. The Morgan fingerprint density at radius 2 is 2.24 bits per heavy atom. The predicted octanol–water partition coefficient (Wildman–Crippen LogP) is 2.43. The molecule has 1 aromatic heterocycles.